The molecule has 21 heavy (non-hydrogen) atoms. The van der Waals surface area contributed by atoms with Crippen molar-refractivity contribution in [3.63, 3.8) is 0 Å². The average molecular weight is 281 g/mol. The molecule has 0 radical (unpaired) electrons. The Kier molecular flexibility index (Phi) is 5.58. The molecule has 0 aliphatic carbocycles. The van der Waals surface area contributed by atoms with Crippen LogP contribution in [0.3, 0.4) is 0 Å². The lowest BCUT2D eigenvalue weighted by Gasteiger charge is -2.20. The molecule has 0 bridgehead atoms. The van der Waals surface area contributed by atoms with E-state index in [4.69, 9.17) is 0 Å². The Balaban J connectivity index is 2.23. The van der Waals surface area contributed by atoms with Gasteiger partial charge in [-0.25, -0.2) is 0 Å². The maximum atomic E-state index is 3.63. The summed E-state index contributed by atoms with van der Waals surface area (Å²) >= 11 is 0. The van der Waals surface area contributed by atoms with E-state index in [0.717, 1.165) is 19.4 Å². The molecule has 0 saturated heterocycles. The van der Waals surface area contributed by atoms with Gasteiger partial charge in [-0.05, 0) is 55.5 Å². The van der Waals surface area contributed by atoms with Crippen LogP contribution in [0.15, 0.2) is 42.5 Å². The molecule has 0 fully saturated rings. The zero-order valence-corrected chi connectivity index (χ0v) is 13.7. The SMILES string of the molecule is CCNC(Cc1cc(C)ccc1C)c1ccc(CC)cc1. The van der Waals surface area contributed by atoms with Gasteiger partial charge in [0, 0.05) is 6.04 Å². The predicted molar refractivity (Wildman–Crippen MR) is 91.9 cm³/mol. The van der Waals surface area contributed by atoms with Crippen molar-refractivity contribution in [2.45, 2.75) is 46.6 Å². The van der Waals surface area contributed by atoms with Crippen LogP contribution < -0.4 is 5.32 Å². The first-order valence-electron chi connectivity index (χ1n) is 8.02. The van der Waals surface area contributed by atoms with Crippen LogP contribution in [0.2, 0.25) is 0 Å². The van der Waals surface area contributed by atoms with Crippen molar-refractivity contribution < 1.29 is 0 Å². The molecule has 112 valence electrons. The minimum atomic E-state index is 0.390. The lowest BCUT2D eigenvalue weighted by Crippen LogP contribution is -2.23. The van der Waals surface area contributed by atoms with Crippen molar-refractivity contribution in [1.82, 2.24) is 5.32 Å². The quantitative estimate of drug-likeness (QED) is 0.805. The molecule has 0 saturated carbocycles. The van der Waals surface area contributed by atoms with E-state index in [1.807, 2.05) is 0 Å². The molecule has 0 aliphatic rings. The number of rotatable bonds is 6. The molecule has 2 aromatic carbocycles. The van der Waals surface area contributed by atoms with Gasteiger partial charge in [-0.3, -0.25) is 0 Å². The normalized spacial score (nSPS) is 12.4. The number of aryl methyl sites for hydroxylation is 3. The van der Waals surface area contributed by atoms with Crippen molar-refractivity contribution in [2.24, 2.45) is 0 Å². The highest BCUT2D eigenvalue weighted by Gasteiger charge is 2.12. The molecule has 0 aromatic heterocycles. The van der Waals surface area contributed by atoms with Gasteiger partial charge < -0.3 is 5.32 Å². The molecular formula is C20H27N. The highest BCUT2D eigenvalue weighted by molar-refractivity contribution is 5.33. The van der Waals surface area contributed by atoms with Gasteiger partial charge >= 0.3 is 0 Å². The molecule has 0 amide bonds. The molecule has 1 nitrogen and oxygen atoms in total. The van der Waals surface area contributed by atoms with Gasteiger partial charge in [0.2, 0.25) is 0 Å². The lowest BCUT2D eigenvalue weighted by atomic mass is 9.94. The van der Waals surface area contributed by atoms with E-state index in [-0.39, 0.29) is 0 Å². The Bertz CT molecular complexity index is 569. The van der Waals surface area contributed by atoms with Crippen LogP contribution in [0.5, 0.6) is 0 Å². The van der Waals surface area contributed by atoms with Crippen molar-refractivity contribution >= 4 is 0 Å². The van der Waals surface area contributed by atoms with Gasteiger partial charge in [-0.2, -0.15) is 0 Å². The Morgan fingerprint density at radius 2 is 1.67 bits per heavy atom. The monoisotopic (exact) mass is 281 g/mol. The molecule has 1 N–H and O–H groups in total. The summed E-state index contributed by atoms with van der Waals surface area (Å²) in [5.41, 5.74) is 6.96. The lowest BCUT2D eigenvalue weighted by molar-refractivity contribution is 0.548. The maximum Gasteiger partial charge on any atom is 0.0360 e. The van der Waals surface area contributed by atoms with Gasteiger partial charge in [-0.15, -0.1) is 0 Å². The van der Waals surface area contributed by atoms with Crippen LogP contribution in [-0.4, -0.2) is 6.54 Å². The molecule has 0 heterocycles. The second-order valence-electron chi connectivity index (χ2n) is 5.84. The molecule has 0 aliphatic heterocycles. The second-order valence-corrected chi connectivity index (χ2v) is 5.84. The van der Waals surface area contributed by atoms with E-state index in [1.54, 1.807) is 0 Å². The van der Waals surface area contributed by atoms with Crippen molar-refractivity contribution in [1.29, 1.82) is 0 Å². The predicted octanol–water partition coefficient (Wildman–Crippen LogP) is 4.76. The minimum absolute atomic E-state index is 0.390. The number of hydrogen-bond donors (Lipinski definition) is 1. The zero-order chi connectivity index (χ0) is 15.2. The number of benzene rings is 2. The highest BCUT2D eigenvalue weighted by atomic mass is 14.9. The summed E-state index contributed by atoms with van der Waals surface area (Å²) < 4.78 is 0. The second kappa shape index (κ2) is 7.42. The first kappa shape index (κ1) is 15.8. The van der Waals surface area contributed by atoms with E-state index >= 15 is 0 Å². The third-order valence-corrected chi connectivity index (χ3v) is 4.17. The van der Waals surface area contributed by atoms with Gasteiger partial charge in [-0.1, -0.05) is 61.9 Å². The van der Waals surface area contributed by atoms with Crippen LogP contribution >= 0.6 is 0 Å². The molecule has 1 atom stereocenters. The fourth-order valence-electron chi connectivity index (χ4n) is 2.78. The number of nitrogens with one attached hydrogen (secondary N) is 1. The topological polar surface area (TPSA) is 12.0 Å². The fourth-order valence-corrected chi connectivity index (χ4v) is 2.78. The Morgan fingerprint density at radius 3 is 2.29 bits per heavy atom. The molecule has 0 spiro atoms. The van der Waals surface area contributed by atoms with E-state index in [9.17, 15) is 0 Å². The van der Waals surface area contributed by atoms with Gasteiger partial charge in [0.1, 0.15) is 0 Å². The summed E-state index contributed by atoms with van der Waals surface area (Å²) in [6.45, 7) is 9.74. The zero-order valence-electron chi connectivity index (χ0n) is 13.7. The summed E-state index contributed by atoms with van der Waals surface area (Å²) in [4.78, 5) is 0. The van der Waals surface area contributed by atoms with Crippen molar-refractivity contribution in [2.75, 3.05) is 6.54 Å². The Labute approximate surface area is 129 Å². The van der Waals surface area contributed by atoms with Crippen LogP contribution in [-0.2, 0) is 12.8 Å². The first-order valence-corrected chi connectivity index (χ1v) is 8.02. The highest BCUT2D eigenvalue weighted by Crippen LogP contribution is 2.22. The Morgan fingerprint density at radius 1 is 0.952 bits per heavy atom. The largest absolute Gasteiger partial charge is 0.310 e. The molecule has 2 aromatic rings. The van der Waals surface area contributed by atoms with Gasteiger partial charge in [0.25, 0.3) is 0 Å². The average Bonchev–Trinajstić information content (AvgIpc) is 2.50. The van der Waals surface area contributed by atoms with Crippen LogP contribution in [0.25, 0.3) is 0 Å². The molecular weight excluding hydrogens is 254 g/mol. The van der Waals surface area contributed by atoms with Crippen molar-refractivity contribution in [3.8, 4) is 0 Å². The van der Waals surface area contributed by atoms with Gasteiger partial charge in [0.05, 0.1) is 0 Å². The third-order valence-electron chi connectivity index (χ3n) is 4.17. The maximum absolute atomic E-state index is 3.63. The van der Waals surface area contributed by atoms with Gasteiger partial charge in [0.15, 0.2) is 0 Å². The summed E-state index contributed by atoms with van der Waals surface area (Å²) in [7, 11) is 0. The van der Waals surface area contributed by atoms with E-state index < -0.39 is 0 Å². The molecule has 1 heteroatoms. The standard InChI is InChI=1S/C20H27N/c1-5-17-9-11-18(12-10-17)20(21-6-2)14-19-13-15(3)7-8-16(19)4/h7-13,20-21H,5-6,14H2,1-4H3. The fraction of sp³-hybridized carbons (Fsp3) is 0.400. The van der Waals surface area contributed by atoms with E-state index in [0.29, 0.717) is 6.04 Å². The van der Waals surface area contributed by atoms with Crippen molar-refractivity contribution in [3.05, 3.63) is 70.3 Å². The van der Waals surface area contributed by atoms with Crippen LogP contribution in [0.4, 0.5) is 0 Å². The molecule has 2 rings (SSSR count). The smallest absolute Gasteiger partial charge is 0.0360 e. The number of likely N-dealkylation sites (N-methyl/N-ethyl adjacent to an activating group) is 1. The first-order chi connectivity index (χ1) is 10.1. The van der Waals surface area contributed by atoms with Crippen LogP contribution in [0, 0.1) is 13.8 Å². The van der Waals surface area contributed by atoms with E-state index in [1.165, 1.54) is 27.8 Å². The third kappa shape index (κ3) is 4.18. The molecule has 1 unspecified atom stereocenters. The Hall–Kier alpha value is -1.60. The summed E-state index contributed by atoms with van der Waals surface area (Å²) in [5, 5.41) is 3.63. The summed E-state index contributed by atoms with van der Waals surface area (Å²) in [6.07, 6.45) is 2.15. The van der Waals surface area contributed by atoms with Crippen LogP contribution in [0.1, 0.15) is 47.7 Å². The summed E-state index contributed by atoms with van der Waals surface area (Å²) in [6, 6.07) is 16.2. The summed E-state index contributed by atoms with van der Waals surface area (Å²) in [5.74, 6) is 0. The number of hydrogen-bond acceptors (Lipinski definition) is 1. The van der Waals surface area contributed by atoms with E-state index in [2.05, 4.69) is 75.5 Å². The minimum Gasteiger partial charge on any atom is -0.310 e.